The number of nitrogens with zero attached hydrogens (tertiary/aromatic N) is 2. The van der Waals surface area contributed by atoms with Gasteiger partial charge in [-0.25, -0.2) is 9.37 Å². The summed E-state index contributed by atoms with van der Waals surface area (Å²) in [4.78, 5) is 4.58. The van der Waals surface area contributed by atoms with Crippen LogP contribution in [0.3, 0.4) is 0 Å². The first kappa shape index (κ1) is 15.1. The fraction of sp³-hybridized carbons (Fsp3) is 0.133. The Labute approximate surface area is 145 Å². The minimum absolute atomic E-state index is 0.254. The number of aryl methyl sites for hydroxylation is 1. The van der Waals surface area contributed by atoms with Crippen LogP contribution in [0.25, 0.3) is 16.7 Å². The third-order valence-electron chi connectivity index (χ3n) is 3.17. The molecule has 6 heteroatoms. The van der Waals surface area contributed by atoms with E-state index in [1.165, 1.54) is 6.07 Å². The number of hydrogen-bond donors (Lipinski definition) is 0. The SMILES string of the molecule is Fc1cc2c(cc1I)nc(CCCl)n2-c1ccc(Cl)cc1. The van der Waals surface area contributed by atoms with Crippen molar-refractivity contribution in [1.82, 2.24) is 9.55 Å². The summed E-state index contributed by atoms with van der Waals surface area (Å²) in [6.45, 7) is 0. The van der Waals surface area contributed by atoms with Crippen LogP contribution in [0.2, 0.25) is 5.02 Å². The van der Waals surface area contributed by atoms with E-state index in [1.807, 2.05) is 39.3 Å². The Hall–Kier alpha value is -0.850. The average molecular weight is 435 g/mol. The topological polar surface area (TPSA) is 17.8 Å². The quantitative estimate of drug-likeness (QED) is 0.409. The van der Waals surface area contributed by atoms with Gasteiger partial charge in [0.1, 0.15) is 11.6 Å². The lowest BCUT2D eigenvalue weighted by atomic mass is 10.2. The summed E-state index contributed by atoms with van der Waals surface area (Å²) in [5.41, 5.74) is 2.38. The highest BCUT2D eigenvalue weighted by Gasteiger charge is 2.14. The van der Waals surface area contributed by atoms with E-state index in [0.717, 1.165) is 22.5 Å². The van der Waals surface area contributed by atoms with Crippen LogP contribution in [-0.4, -0.2) is 15.4 Å². The number of rotatable bonds is 3. The molecule has 0 saturated heterocycles. The van der Waals surface area contributed by atoms with Crippen LogP contribution in [0.1, 0.15) is 5.82 Å². The van der Waals surface area contributed by atoms with Gasteiger partial charge in [-0.05, 0) is 52.9 Å². The lowest BCUT2D eigenvalue weighted by Crippen LogP contribution is -2.02. The highest BCUT2D eigenvalue weighted by Crippen LogP contribution is 2.26. The van der Waals surface area contributed by atoms with E-state index in [0.29, 0.717) is 20.9 Å². The first-order chi connectivity index (χ1) is 10.1. The number of benzene rings is 2. The summed E-state index contributed by atoms with van der Waals surface area (Å²) in [5, 5.41) is 0.655. The molecule has 3 aromatic rings. The Morgan fingerprint density at radius 3 is 2.57 bits per heavy atom. The maximum absolute atomic E-state index is 13.9. The van der Waals surface area contributed by atoms with Gasteiger partial charge in [0.15, 0.2) is 0 Å². The second-order valence-electron chi connectivity index (χ2n) is 4.53. The zero-order valence-electron chi connectivity index (χ0n) is 10.8. The van der Waals surface area contributed by atoms with Gasteiger partial charge in [-0.15, -0.1) is 11.6 Å². The van der Waals surface area contributed by atoms with Crippen LogP contribution in [0.5, 0.6) is 0 Å². The molecule has 21 heavy (non-hydrogen) atoms. The molecule has 0 saturated carbocycles. The van der Waals surface area contributed by atoms with Crippen molar-refractivity contribution in [3.8, 4) is 5.69 Å². The second-order valence-corrected chi connectivity index (χ2v) is 6.51. The summed E-state index contributed by atoms with van der Waals surface area (Å²) >= 11 is 13.8. The number of fused-ring (bicyclic) bond motifs is 1. The number of aromatic nitrogens is 2. The van der Waals surface area contributed by atoms with Crippen molar-refractivity contribution < 1.29 is 4.39 Å². The van der Waals surface area contributed by atoms with Gasteiger partial charge in [0.2, 0.25) is 0 Å². The first-order valence-corrected chi connectivity index (χ1v) is 8.27. The summed E-state index contributed by atoms with van der Waals surface area (Å²) in [6, 6.07) is 10.6. The summed E-state index contributed by atoms with van der Waals surface area (Å²) in [5.74, 6) is 1.01. The van der Waals surface area contributed by atoms with Gasteiger partial charge in [-0.3, -0.25) is 4.57 Å². The van der Waals surface area contributed by atoms with Crippen molar-refractivity contribution in [2.45, 2.75) is 6.42 Å². The average Bonchev–Trinajstić information content (AvgIpc) is 2.78. The van der Waals surface area contributed by atoms with Crippen molar-refractivity contribution in [3.05, 3.63) is 56.6 Å². The molecular formula is C15H10Cl2FIN2. The third kappa shape index (κ3) is 2.89. The number of imidazole rings is 1. The lowest BCUT2D eigenvalue weighted by molar-refractivity contribution is 0.621. The van der Waals surface area contributed by atoms with Crippen molar-refractivity contribution in [1.29, 1.82) is 0 Å². The van der Waals surface area contributed by atoms with Gasteiger partial charge in [-0.2, -0.15) is 0 Å². The zero-order valence-corrected chi connectivity index (χ0v) is 14.5. The molecule has 1 heterocycles. The fourth-order valence-electron chi connectivity index (χ4n) is 2.25. The predicted octanol–water partition coefficient (Wildman–Crippen LogP) is 5.20. The Morgan fingerprint density at radius 2 is 1.90 bits per heavy atom. The lowest BCUT2D eigenvalue weighted by Gasteiger charge is -2.09. The van der Waals surface area contributed by atoms with Crippen molar-refractivity contribution in [3.63, 3.8) is 0 Å². The molecule has 0 aliphatic rings. The molecule has 3 rings (SSSR count). The van der Waals surface area contributed by atoms with Crippen molar-refractivity contribution >= 4 is 56.8 Å². The molecule has 108 valence electrons. The van der Waals surface area contributed by atoms with Gasteiger partial charge >= 0.3 is 0 Å². The van der Waals surface area contributed by atoms with E-state index in [4.69, 9.17) is 23.2 Å². The van der Waals surface area contributed by atoms with E-state index in [1.54, 1.807) is 18.2 Å². The Bertz CT molecular complexity index is 800. The zero-order chi connectivity index (χ0) is 15.0. The molecule has 0 unspecified atom stereocenters. The minimum atomic E-state index is -0.254. The molecule has 0 radical (unpaired) electrons. The van der Waals surface area contributed by atoms with E-state index >= 15 is 0 Å². The molecule has 0 fully saturated rings. The van der Waals surface area contributed by atoms with Crippen LogP contribution in [0, 0.1) is 9.39 Å². The Balaban J connectivity index is 2.29. The Kier molecular flexibility index (Phi) is 4.38. The molecule has 0 amide bonds. The maximum Gasteiger partial charge on any atom is 0.138 e. The maximum atomic E-state index is 13.9. The Morgan fingerprint density at radius 1 is 1.19 bits per heavy atom. The standard InChI is InChI=1S/C15H10Cl2FIN2/c16-6-5-15-20-13-8-12(19)11(18)7-14(13)21(15)10-3-1-9(17)2-4-10/h1-4,7-8H,5-6H2. The molecular weight excluding hydrogens is 425 g/mol. The van der Waals surface area contributed by atoms with E-state index < -0.39 is 0 Å². The molecule has 0 N–H and O–H groups in total. The van der Waals surface area contributed by atoms with Gasteiger partial charge in [0.25, 0.3) is 0 Å². The number of alkyl halides is 1. The molecule has 0 bridgehead atoms. The fourth-order valence-corrected chi connectivity index (χ4v) is 3.00. The van der Waals surface area contributed by atoms with Crippen LogP contribution in [-0.2, 0) is 6.42 Å². The van der Waals surface area contributed by atoms with E-state index in [2.05, 4.69) is 4.98 Å². The summed E-state index contributed by atoms with van der Waals surface area (Å²) in [7, 11) is 0. The highest BCUT2D eigenvalue weighted by molar-refractivity contribution is 14.1. The van der Waals surface area contributed by atoms with Crippen LogP contribution in [0.4, 0.5) is 4.39 Å². The number of hydrogen-bond acceptors (Lipinski definition) is 1. The monoisotopic (exact) mass is 434 g/mol. The van der Waals surface area contributed by atoms with E-state index in [9.17, 15) is 4.39 Å². The van der Waals surface area contributed by atoms with Crippen LogP contribution in [0.15, 0.2) is 36.4 Å². The molecule has 2 aromatic carbocycles. The highest BCUT2D eigenvalue weighted by atomic mass is 127. The van der Waals surface area contributed by atoms with Gasteiger partial charge in [0, 0.05) is 29.1 Å². The first-order valence-electron chi connectivity index (χ1n) is 6.28. The van der Waals surface area contributed by atoms with Gasteiger partial charge in [0.05, 0.1) is 14.6 Å². The molecule has 0 spiro atoms. The van der Waals surface area contributed by atoms with Crippen LogP contribution >= 0.6 is 45.8 Å². The third-order valence-corrected chi connectivity index (χ3v) is 4.44. The largest absolute Gasteiger partial charge is 0.296 e. The van der Waals surface area contributed by atoms with Gasteiger partial charge in [-0.1, -0.05) is 11.6 Å². The smallest absolute Gasteiger partial charge is 0.138 e. The summed E-state index contributed by atoms with van der Waals surface area (Å²) in [6.07, 6.45) is 0.608. The normalized spacial score (nSPS) is 11.2. The molecule has 0 aliphatic carbocycles. The molecule has 0 atom stereocenters. The predicted molar refractivity (Wildman–Crippen MR) is 93.2 cm³/mol. The minimum Gasteiger partial charge on any atom is -0.296 e. The van der Waals surface area contributed by atoms with Crippen molar-refractivity contribution in [2.24, 2.45) is 0 Å². The molecule has 1 aromatic heterocycles. The second kappa shape index (κ2) is 6.10. The van der Waals surface area contributed by atoms with Crippen LogP contribution < -0.4 is 0 Å². The molecule has 0 aliphatic heterocycles. The summed E-state index contributed by atoms with van der Waals surface area (Å²) < 4.78 is 16.4. The van der Waals surface area contributed by atoms with Crippen molar-refractivity contribution in [2.75, 3.05) is 5.88 Å². The van der Waals surface area contributed by atoms with E-state index in [-0.39, 0.29) is 5.82 Å². The molecule has 2 nitrogen and oxygen atoms in total. The number of halogens is 4. The van der Waals surface area contributed by atoms with Gasteiger partial charge < -0.3 is 0 Å².